The van der Waals surface area contributed by atoms with E-state index in [1.807, 2.05) is 154 Å². The van der Waals surface area contributed by atoms with Gasteiger partial charge in [-0.05, 0) is 97.0 Å². The predicted octanol–water partition coefficient (Wildman–Crippen LogP) is 11.1. The van der Waals surface area contributed by atoms with Gasteiger partial charge in [0.1, 0.15) is 35.6 Å². The summed E-state index contributed by atoms with van der Waals surface area (Å²) in [5.74, 6) is 3.87. The number of nitrogens with zero attached hydrogens (tertiary/aromatic N) is 6. The number of benzene rings is 3. The minimum Gasteiger partial charge on any atom is -0.493 e. The number of halogens is 1. The van der Waals surface area contributed by atoms with Gasteiger partial charge < -0.3 is 56.3 Å². The maximum Gasteiger partial charge on any atom is 0.268 e. The van der Waals surface area contributed by atoms with Crippen LogP contribution in [0.15, 0.2) is 176 Å². The van der Waals surface area contributed by atoms with Gasteiger partial charge in [0.15, 0.2) is 40.3 Å². The first-order valence-corrected chi connectivity index (χ1v) is 24.9. The van der Waals surface area contributed by atoms with Crippen molar-refractivity contribution in [3.8, 4) is 29.1 Å². The zero-order valence-electron chi connectivity index (χ0n) is 43.9. The highest BCUT2D eigenvalue weighted by Gasteiger charge is 2.35. The molecule has 0 spiro atoms. The molecule has 0 bridgehead atoms. The van der Waals surface area contributed by atoms with E-state index in [4.69, 9.17) is 46.1 Å². The van der Waals surface area contributed by atoms with Crippen molar-refractivity contribution in [2.45, 2.75) is 50.2 Å². The molecule has 19 heteroatoms. The second-order valence-electron chi connectivity index (χ2n) is 17.5. The Morgan fingerprint density at radius 2 is 0.803 bits per heavy atom. The molecule has 402 valence electrons. The molecule has 5 heterocycles. The smallest absolute Gasteiger partial charge is 0.268 e. The van der Waals surface area contributed by atoms with Gasteiger partial charge in [0.05, 0.1) is 56.0 Å². The van der Waals surface area contributed by atoms with Crippen LogP contribution in [0.2, 0.25) is 0 Å². The van der Waals surface area contributed by atoms with Gasteiger partial charge in [-0.1, -0.05) is 109 Å². The van der Waals surface area contributed by atoms with Crippen molar-refractivity contribution in [3.63, 3.8) is 0 Å². The normalized spacial score (nSPS) is 13.1. The number of ether oxygens (including phenoxy) is 5. The SMILES string of the molecule is C=C[C@@H](c1onc(OCc2ccccc2)c1I)N(C)C.C=C[C@@H](c1onc(OCc2ccccc2)c1[C@@H](O)c1occc1OC)N(C)C.C=C[C@@H](c1onc(OCc2ccccc2)c1[C@H](O)c1occc1OC)N(C)C. The van der Waals surface area contributed by atoms with E-state index in [0.717, 1.165) is 26.0 Å². The largest absolute Gasteiger partial charge is 0.493 e. The summed E-state index contributed by atoms with van der Waals surface area (Å²) in [4.78, 5) is 5.80. The fraction of sp³-hybridized carbons (Fsp3) is 0.281. The molecule has 5 atom stereocenters. The van der Waals surface area contributed by atoms with E-state index < -0.39 is 12.2 Å². The molecule has 0 saturated carbocycles. The molecule has 0 unspecified atom stereocenters. The molecule has 0 amide bonds. The topological polar surface area (TPSA) is 201 Å². The lowest BCUT2D eigenvalue weighted by Gasteiger charge is -2.20. The van der Waals surface area contributed by atoms with Crippen LogP contribution in [0.3, 0.4) is 0 Å². The fourth-order valence-electron chi connectivity index (χ4n) is 7.73. The highest BCUT2D eigenvalue weighted by Crippen LogP contribution is 2.42. The molecule has 0 radical (unpaired) electrons. The van der Waals surface area contributed by atoms with E-state index in [-0.39, 0.29) is 54.6 Å². The summed E-state index contributed by atoms with van der Waals surface area (Å²) < 4.78 is 56.3. The minimum absolute atomic E-state index is 0.0107. The highest BCUT2D eigenvalue weighted by molar-refractivity contribution is 14.1. The first-order valence-electron chi connectivity index (χ1n) is 23.9. The second kappa shape index (κ2) is 28.5. The van der Waals surface area contributed by atoms with Gasteiger partial charge in [-0.2, -0.15) is 0 Å². The first kappa shape index (κ1) is 57.9. The van der Waals surface area contributed by atoms with E-state index in [1.165, 1.54) is 26.7 Å². The van der Waals surface area contributed by atoms with E-state index in [9.17, 15) is 10.2 Å². The Labute approximate surface area is 456 Å². The van der Waals surface area contributed by atoms with Crippen molar-refractivity contribution >= 4 is 22.6 Å². The Morgan fingerprint density at radius 1 is 0.487 bits per heavy atom. The monoisotopic (exact) mass is 1150 g/mol. The molecule has 0 aliphatic carbocycles. The summed E-state index contributed by atoms with van der Waals surface area (Å²) >= 11 is 2.20. The lowest BCUT2D eigenvalue weighted by Crippen LogP contribution is -2.19. The second-order valence-corrected chi connectivity index (χ2v) is 18.5. The number of methoxy groups -OCH3 is 2. The van der Waals surface area contributed by atoms with Crippen molar-refractivity contribution in [1.82, 2.24) is 30.2 Å². The van der Waals surface area contributed by atoms with Crippen molar-refractivity contribution in [2.75, 3.05) is 56.5 Å². The van der Waals surface area contributed by atoms with Crippen LogP contribution < -0.4 is 23.7 Å². The average Bonchev–Trinajstić information content (AvgIpc) is 4.31. The van der Waals surface area contributed by atoms with Gasteiger partial charge in [0.2, 0.25) is 0 Å². The number of aliphatic hydroxyl groups excluding tert-OH is 2. The third kappa shape index (κ3) is 14.5. The number of hydrogen-bond donors (Lipinski definition) is 2. The minimum atomic E-state index is -1.18. The molecule has 5 aromatic heterocycles. The third-order valence-electron chi connectivity index (χ3n) is 11.7. The molecule has 0 fully saturated rings. The summed E-state index contributed by atoms with van der Waals surface area (Å²) in [6.07, 6.45) is 5.77. The van der Waals surface area contributed by atoms with E-state index in [0.29, 0.717) is 46.6 Å². The van der Waals surface area contributed by atoms with Crippen LogP contribution in [-0.4, -0.2) is 96.9 Å². The number of furan rings is 2. The van der Waals surface area contributed by atoms with E-state index in [1.54, 1.807) is 24.3 Å². The van der Waals surface area contributed by atoms with Crippen molar-refractivity contribution in [2.24, 2.45) is 0 Å². The van der Waals surface area contributed by atoms with Gasteiger partial charge in [0.25, 0.3) is 17.6 Å². The highest BCUT2D eigenvalue weighted by atomic mass is 127. The molecule has 0 saturated heterocycles. The average molecular weight is 1150 g/mol. The molecule has 2 N–H and O–H groups in total. The summed E-state index contributed by atoms with van der Waals surface area (Å²) in [6.45, 7) is 12.6. The summed E-state index contributed by atoms with van der Waals surface area (Å²) in [5.41, 5.74) is 3.79. The maximum atomic E-state index is 11.1. The van der Waals surface area contributed by atoms with Crippen molar-refractivity contribution in [3.05, 3.63) is 214 Å². The summed E-state index contributed by atoms with van der Waals surface area (Å²) in [7, 11) is 14.5. The van der Waals surface area contributed by atoms with Gasteiger partial charge >= 0.3 is 0 Å². The molecule has 0 aliphatic rings. The first-order chi connectivity index (χ1) is 36.8. The molecule has 8 aromatic rings. The van der Waals surface area contributed by atoms with Crippen LogP contribution in [0, 0.1) is 3.57 Å². The third-order valence-corrected chi connectivity index (χ3v) is 12.7. The van der Waals surface area contributed by atoms with Gasteiger partial charge in [0, 0.05) is 12.1 Å². The van der Waals surface area contributed by atoms with Crippen molar-refractivity contribution in [1.29, 1.82) is 0 Å². The summed E-state index contributed by atoms with van der Waals surface area (Å²) in [5, 5.41) is 34.2. The number of likely N-dealkylation sites (N-methyl/N-ethyl adjacent to an activating group) is 3. The Balaban J connectivity index is 0.000000188. The fourth-order valence-corrected chi connectivity index (χ4v) is 8.40. The standard InChI is InChI=1S/2C21H24N2O5.C15H17IN2O2/c2*1-5-15(23(2)3)19-17(18(24)20-16(25-4)11-12-26-20)21(22-28-19)27-13-14-9-7-6-8-10-14;1-4-12(18(2)3)14-13(16)15(17-20-14)19-10-11-8-6-5-7-9-11/h2*5-12,15,18,24H,1,13H2,2-4H3;4-9,12H,1,10H2,2-3H3/t15-,18+;15-,18-;12-/m000/s1. The Morgan fingerprint density at radius 3 is 1.13 bits per heavy atom. The van der Waals surface area contributed by atoms with Gasteiger partial charge in [-0.25, -0.2) is 0 Å². The number of aromatic nitrogens is 3. The van der Waals surface area contributed by atoms with E-state index >= 15 is 0 Å². The van der Waals surface area contributed by atoms with Gasteiger partial charge in [-0.15, -0.1) is 19.7 Å². The zero-order valence-corrected chi connectivity index (χ0v) is 46.0. The molecule has 0 aliphatic heterocycles. The lowest BCUT2D eigenvalue weighted by molar-refractivity contribution is 0.171. The quantitative estimate of drug-likeness (QED) is 0.0427. The predicted molar refractivity (Wildman–Crippen MR) is 293 cm³/mol. The lowest BCUT2D eigenvalue weighted by atomic mass is 10.0. The molecule has 76 heavy (non-hydrogen) atoms. The number of aliphatic hydroxyl groups is 2. The summed E-state index contributed by atoms with van der Waals surface area (Å²) in [6, 6.07) is 31.9. The van der Waals surface area contributed by atoms with Crippen LogP contribution in [0.1, 0.15) is 87.0 Å². The van der Waals surface area contributed by atoms with Gasteiger partial charge in [-0.3, -0.25) is 14.7 Å². The molecule has 8 rings (SSSR count). The molecular weight excluding hydrogens is 1090 g/mol. The van der Waals surface area contributed by atoms with Crippen molar-refractivity contribution < 1.29 is 56.3 Å². The van der Waals surface area contributed by atoms with Crippen LogP contribution >= 0.6 is 22.6 Å². The maximum absolute atomic E-state index is 11.1. The number of hydrogen-bond acceptors (Lipinski definition) is 18. The van der Waals surface area contributed by atoms with Crippen LogP contribution in [-0.2, 0) is 19.8 Å². The van der Waals surface area contributed by atoms with Crippen LogP contribution in [0.5, 0.6) is 29.1 Å². The molecule has 3 aromatic carbocycles. The zero-order chi connectivity index (χ0) is 54.7. The molecule has 18 nitrogen and oxygen atoms in total. The Kier molecular flexibility index (Phi) is 21.7. The van der Waals surface area contributed by atoms with Crippen LogP contribution in [0.4, 0.5) is 0 Å². The Hall–Kier alpha value is -7.40. The number of rotatable bonds is 24. The van der Waals surface area contributed by atoms with Crippen LogP contribution in [0.25, 0.3) is 0 Å². The molecular formula is C57H65IN6O12. The van der Waals surface area contributed by atoms with E-state index in [2.05, 4.69) is 57.8 Å². The Bertz CT molecular complexity index is 2850.